The zero-order chi connectivity index (χ0) is 25.7. The average molecular weight is 498 g/mol. The van der Waals surface area contributed by atoms with Crippen molar-refractivity contribution in [3.05, 3.63) is 101 Å². The molecular formula is C30H24FNO5. The Labute approximate surface area is 213 Å². The van der Waals surface area contributed by atoms with E-state index in [1.165, 1.54) is 34.7 Å². The van der Waals surface area contributed by atoms with E-state index < -0.39 is 24.2 Å². The number of imide groups is 1. The second-order valence-corrected chi connectivity index (χ2v) is 10.0. The Morgan fingerprint density at radius 2 is 1.46 bits per heavy atom. The Morgan fingerprint density at radius 3 is 2.16 bits per heavy atom. The molecule has 0 N–H and O–H groups in total. The topological polar surface area (TPSA) is 80.8 Å². The van der Waals surface area contributed by atoms with Crippen LogP contribution < -0.4 is 4.90 Å². The molecule has 3 aliphatic rings. The number of carbonyl (C=O) groups is 4. The molecule has 5 atom stereocenters. The van der Waals surface area contributed by atoms with Gasteiger partial charge in [-0.15, -0.1) is 0 Å². The third kappa shape index (κ3) is 3.95. The molecule has 1 saturated heterocycles. The number of benzene rings is 3. The first-order chi connectivity index (χ1) is 17.9. The molecular weight excluding hydrogens is 473 g/mol. The monoisotopic (exact) mass is 497 g/mol. The summed E-state index contributed by atoms with van der Waals surface area (Å²) in [6, 6.07) is 21.3. The zero-order valence-corrected chi connectivity index (χ0v) is 19.9. The number of ether oxygens (including phenoxy) is 1. The van der Waals surface area contributed by atoms with Gasteiger partial charge in [0, 0.05) is 5.56 Å². The first kappa shape index (κ1) is 23.3. The van der Waals surface area contributed by atoms with E-state index in [0.717, 1.165) is 25.0 Å². The maximum absolute atomic E-state index is 13.5. The van der Waals surface area contributed by atoms with Crippen LogP contribution in [0.1, 0.15) is 45.0 Å². The van der Waals surface area contributed by atoms with Gasteiger partial charge >= 0.3 is 5.97 Å². The van der Waals surface area contributed by atoms with Crippen LogP contribution in [0, 0.1) is 29.5 Å². The summed E-state index contributed by atoms with van der Waals surface area (Å²) in [5.41, 5.74) is 2.09. The number of hydrogen-bond acceptors (Lipinski definition) is 5. The molecule has 1 aliphatic heterocycles. The van der Waals surface area contributed by atoms with Crippen molar-refractivity contribution in [2.24, 2.45) is 23.7 Å². The van der Waals surface area contributed by atoms with Crippen molar-refractivity contribution in [1.82, 2.24) is 0 Å². The van der Waals surface area contributed by atoms with Crippen LogP contribution in [0.4, 0.5) is 10.1 Å². The highest BCUT2D eigenvalue weighted by Gasteiger charge is 2.64. The van der Waals surface area contributed by atoms with Gasteiger partial charge < -0.3 is 4.74 Å². The van der Waals surface area contributed by atoms with Gasteiger partial charge in [0.05, 0.1) is 23.1 Å². The Morgan fingerprint density at radius 1 is 0.811 bits per heavy atom. The highest BCUT2D eigenvalue weighted by molar-refractivity contribution is 6.22. The fourth-order valence-electron chi connectivity index (χ4n) is 6.48. The number of nitrogens with zero attached hydrogens (tertiary/aromatic N) is 1. The molecule has 2 bridgehead atoms. The van der Waals surface area contributed by atoms with E-state index in [-0.39, 0.29) is 46.6 Å². The van der Waals surface area contributed by atoms with E-state index in [9.17, 15) is 23.6 Å². The minimum absolute atomic E-state index is 0.158. The molecule has 186 valence electrons. The van der Waals surface area contributed by atoms with Gasteiger partial charge in [0.2, 0.25) is 11.8 Å². The second kappa shape index (κ2) is 9.07. The SMILES string of the molecule is O=C(COC(=O)c1ccc(N2C(=O)[C@@H]3[C@@H]4C[C@@H]([C@@H]3C2=O)[C@@H](c2ccccc2)C4)cc1)c1ccc(F)cc1. The Kier molecular flexibility index (Phi) is 5.71. The van der Waals surface area contributed by atoms with Crippen LogP contribution in [0.2, 0.25) is 0 Å². The second-order valence-electron chi connectivity index (χ2n) is 10.0. The van der Waals surface area contributed by atoms with E-state index in [4.69, 9.17) is 4.74 Å². The van der Waals surface area contributed by atoms with E-state index >= 15 is 0 Å². The highest BCUT2D eigenvalue weighted by atomic mass is 19.1. The van der Waals surface area contributed by atoms with Gasteiger partial charge in [0.15, 0.2) is 12.4 Å². The van der Waals surface area contributed by atoms with Gasteiger partial charge in [0.1, 0.15) is 5.82 Å². The molecule has 7 heteroatoms. The molecule has 3 aromatic rings. The van der Waals surface area contributed by atoms with Crippen molar-refractivity contribution >= 4 is 29.3 Å². The molecule has 37 heavy (non-hydrogen) atoms. The smallest absolute Gasteiger partial charge is 0.338 e. The van der Waals surface area contributed by atoms with Crippen molar-refractivity contribution in [2.75, 3.05) is 11.5 Å². The van der Waals surface area contributed by atoms with Gasteiger partial charge in [0.25, 0.3) is 0 Å². The predicted molar refractivity (Wildman–Crippen MR) is 132 cm³/mol. The van der Waals surface area contributed by atoms with E-state index in [2.05, 4.69) is 12.1 Å². The van der Waals surface area contributed by atoms with Crippen molar-refractivity contribution in [3.8, 4) is 0 Å². The molecule has 0 aromatic heterocycles. The van der Waals surface area contributed by atoms with Crippen molar-refractivity contribution in [1.29, 1.82) is 0 Å². The number of carbonyl (C=O) groups excluding carboxylic acids is 4. The Balaban J connectivity index is 1.13. The number of fused-ring (bicyclic) bond motifs is 5. The molecule has 2 aliphatic carbocycles. The number of rotatable bonds is 6. The van der Waals surface area contributed by atoms with Crippen LogP contribution in [0.3, 0.4) is 0 Å². The number of anilines is 1. The number of Topliss-reactive ketones (excluding diaryl/α,β-unsaturated/α-hetero) is 1. The minimum atomic E-state index is -0.707. The lowest BCUT2D eigenvalue weighted by Gasteiger charge is -2.28. The van der Waals surface area contributed by atoms with Gasteiger partial charge in [-0.2, -0.15) is 0 Å². The van der Waals surface area contributed by atoms with Crippen molar-refractivity contribution < 1.29 is 28.3 Å². The molecule has 6 nitrogen and oxygen atoms in total. The van der Waals surface area contributed by atoms with Crippen LogP contribution >= 0.6 is 0 Å². The molecule has 6 rings (SSSR count). The largest absolute Gasteiger partial charge is 0.454 e. The van der Waals surface area contributed by atoms with Crippen LogP contribution in [-0.4, -0.2) is 30.2 Å². The van der Waals surface area contributed by atoms with Gasteiger partial charge in [-0.1, -0.05) is 30.3 Å². The van der Waals surface area contributed by atoms with Crippen LogP contribution in [-0.2, 0) is 14.3 Å². The molecule has 2 amide bonds. The van der Waals surface area contributed by atoms with E-state index in [1.807, 2.05) is 18.2 Å². The summed E-state index contributed by atoms with van der Waals surface area (Å²) in [4.78, 5) is 52.7. The van der Waals surface area contributed by atoms with Crippen LogP contribution in [0.25, 0.3) is 0 Å². The number of hydrogen-bond donors (Lipinski definition) is 0. The standard InChI is InChI=1S/C30H24FNO5/c31-21-10-6-18(7-11-21)25(33)16-37-30(36)19-8-12-22(13-9-19)32-28(34)26-20-14-23(17-4-2-1-3-5-17)24(15-20)27(26)29(32)35/h1-13,20,23-24,26-27H,14-16H2/t20-,23+,24+,26+,27-/m0/s1. The molecule has 0 spiro atoms. The van der Waals surface area contributed by atoms with Gasteiger partial charge in [-0.25, -0.2) is 9.18 Å². The summed E-state index contributed by atoms with van der Waals surface area (Å²) in [6.45, 7) is -0.482. The average Bonchev–Trinajstić information content (AvgIpc) is 3.59. The zero-order valence-electron chi connectivity index (χ0n) is 19.9. The minimum Gasteiger partial charge on any atom is -0.454 e. The molecule has 3 aromatic carbocycles. The Bertz CT molecular complexity index is 1390. The maximum atomic E-state index is 13.5. The Hall–Kier alpha value is -4.13. The summed E-state index contributed by atoms with van der Waals surface area (Å²) in [5.74, 6) is -1.87. The van der Waals surface area contributed by atoms with E-state index in [0.29, 0.717) is 11.6 Å². The lowest BCUT2D eigenvalue weighted by Crippen LogP contribution is -2.33. The summed E-state index contributed by atoms with van der Waals surface area (Å²) < 4.78 is 18.1. The quantitative estimate of drug-likeness (QED) is 0.278. The fraction of sp³-hybridized carbons (Fsp3) is 0.267. The van der Waals surface area contributed by atoms with Crippen LogP contribution in [0.15, 0.2) is 78.9 Å². The van der Waals surface area contributed by atoms with Gasteiger partial charge in [-0.05, 0) is 84.7 Å². The number of ketones is 1. The number of amides is 2. The number of esters is 1. The molecule has 0 unspecified atom stereocenters. The van der Waals surface area contributed by atoms with Gasteiger partial charge in [-0.3, -0.25) is 19.3 Å². The lowest BCUT2D eigenvalue weighted by atomic mass is 9.73. The highest BCUT2D eigenvalue weighted by Crippen LogP contribution is 2.61. The molecule has 1 heterocycles. The normalized spacial score (nSPS) is 25.9. The maximum Gasteiger partial charge on any atom is 0.338 e. The summed E-state index contributed by atoms with van der Waals surface area (Å²) in [6.07, 6.45) is 1.83. The fourth-order valence-corrected chi connectivity index (χ4v) is 6.48. The lowest BCUT2D eigenvalue weighted by molar-refractivity contribution is -0.123. The first-order valence-electron chi connectivity index (χ1n) is 12.4. The third-order valence-electron chi connectivity index (χ3n) is 8.11. The number of halogens is 1. The summed E-state index contributed by atoms with van der Waals surface area (Å²) in [5, 5.41) is 0. The summed E-state index contributed by atoms with van der Waals surface area (Å²) >= 11 is 0. The molecule has 3 fully saturated rings. The van der Waals surface area contributed by atoms with E-state index in [1.54, 1.807) is 12.1 Å². The van der Waals surface area contributed by atoms with Crippen LogP contribution in [0.5, 0.6) is 0 Å². The third-order valence-corrected chi connectivity index (χ3v) is 8.11. The summed E-state index contributed by atoms with van der Waals surface area (Å²) in [7, 11) is 0. The van der Waals surface area contributed by atoms with Crippen molar-refractivity contribution in [2.45, 2.75) is 18.8 Å². The molecule has 2 saturated carbocycles. The first-order valence-corrected chi connectivity index (χ1v) is 12.4. The predicted octanol–water partition coefficient (Wildman–Crippen LogP) is 4.79. The van der Waals surface area contributed by atoms with Crippen molar-refractivity contribution in [3.63, 3.8) is 0 Å². The molecule has 0 radical (unpaired) electrons.